The van der Waals surface area contributed by atoms with E-state index in [1.807, 2.05) is 0 Å². The molecule has 0 heterocycles. The van der Waals surface area contributed by atoms with Crippen LogP contribution in [-0.4, -0.2) is 36.7 Å². The summed E-state index contributed by atoms with van der Waals surface area (Å²) in [5.41, 5.74) is 0.725. The normalized spacial score (nSPS) is 12.2. The number of carbonyl (C=O) groups is 1. The van der Waals surface area contributed by atoms with E-state index in [4.69, 9.17) is 4.74 Å². The molecule has 4 heteroatoms. The van der Waals surface area contributed by atoms with Crippen molar-refractivity contribution in [2.45, 2.75) is 6.04 Å². The first-order valence-corrected chi connectivity index (χ1v) is 5.28. The third kappa shape index (κ3) is 3.32. The lowest BCUT2D eigenvalue weighted by atomic mass is 10.1. The molecule has 0 aliphatic rings. The van der Waals surface area contributed by atoms with Gasteiger partial charge in [-0.1, -0.05) is 18.2 Å². The average molecular weight is 235 g/mol. The Morgan fingerprint density at radius 3 is 2.53 bits per heavy atom. The molecule has 0 saturated heterocycles. The Morgan fingerprint density at radius 1 is 1.53 bits per heavy atom. The molecule has 0 amide bonds. The second-order valence-electron chi connectivity index (χ2n) is 3.74. The van der Waals surface area contributed by atoms with Crippen molar-refractivity contribution in [3.05, 3.63) is 42.5 Å². The number of ether oxygens (including phenoxy) is 1. The summed E-state index contributed by atoms with van der Waals surface area (Å²) in [4.78, 5) is 13.0. The van der Waals surface area contributed by atoms with Gasteiger partial charge in [0, 0.05) is 6.54 Å². The van der Waals surface area contributed by atoms with Gasteiger partial charge in [0.1, 0.15) is 11.8 Å². The van der Waals surface area contributed by atoms with E-state index in [-0.39, 0.29) is 0 Å². The van der Waals surface area contributed by atoms with Crippen molar-refractivity contribution in [3.8, 4) is 5.75 Å². The predicted molar refractivity (Wildman–Crippen MR) is 66.2 cm³/mol. The van der Waals surface area contributed by atoms with Gasteiger partial charge in [0.25, 0.3) is 0 Å². The number of nitrogens with zero attached hydrogens (tertiary/aromatic N) is 1. The maximum absolute atomic E-state index is 11.3. The minimum absolute atomic E-state index is 0.517. The number of carboxylic acids is 1. The topological polar surface area (TPSA) is 49.8 Å². The molecule has 0 aliphatic heterocycles. The summed E-state index contributed by atoms with van der Waals surface area (Å²) in [6.45, 7) is 4.13. The Balaban J connectivity index is 2.96. The highest BCUT2D eigenvalue weighted by Gasteiger charge is 2.23. The first-order chi connectivity index (χ1) is 8.10. The molecule has 0 spiro atoms. The first kappa shape index (κ1) is 13.3. The lowest BCUT2D eigenvalue weighted by Crippen LogP contribution is -2.30. The van der Waals surface area contributed by atoms with Crippen LogP contribution in [0.4, 0.5) is 0 Å². The van der Waals surface area contributed by atoms with Gasteiger partial charge < -0.3 is 9.84 Å². The van der Waals surface area contributed by atoms with Crippen LogP contribution in [0.15, 0.2) is 36.9 Å². The Bertz CT molecular complexity index is 386. The van der Waals surface area contributed by atoms with Gasteiger partial charge in [-0.15, -0.1) is 6.58 Å². The molecule has 1 aromatic carbocycles. The lowest BCUT2D eigenvalue weighted by Gasteiger charge is -2.23. The number of carboxylic acid groups (broad SMARTS) is 1. The molecular formula is C13H17NO3. The SMILES string of the molecule is C=CCN(C)C(C(=O)O)c1ccc(OC)cc1. The van der Waals surface area contributed by atoms with E-state index in [1.54, 1.807) is 49.4 Å². The Labute approximate surface area is 101 Å². The van der Waals surface area contributed by atoms with Crippen LogP contribution in [0.3, 0.4) is 0 Å². The van der Waals surface area contributed by atoms with Gasteiger partial charge in [0.05, 0.1) is 7.11 Å². The van der Waals surface area contributed by atoms with Crippen LogP contribution >= 0.6 is 0 Å². The number of hydrogen-bond donors (Lipinski definition) is 1. The van der Waals surface area contributed by atoms with Crippen molar-refractivity contribution in [2.75, 3.05) is 20.7 Å². The van der Waals surface area contributed by atoms with Gasteiger partial charge in [-0.25, -0.2) is 0 Å². The third-order valence-electron chi connectivity index (χ3n) is 2.52. The number of methoxy groups -OCH3 is 1. The number of rotatable bonds is 6. The van der Waals surface area contributed by atoms with E-state index in [9.17, 15) is 9.90 Å². The molecule has 1 aromatic rings. The van der Waals surface area contributed by atoms with Gasteiger partial charge in [-0.2, -0.15) is 0 Å². The Kier molecular flexibility index (Phi) is 4.72. The van der Waals surface area contributed by atoms with Crippen LogP contribution in [-0.2, 0) is 4.79 Å². The minimum atomic E-state index is -0.875. The monoisotopic (exact) mass is 235 g/mol. The van der Waals surface area contributed by atoms with E-state index in [2.05, 4.69) is 6.58 Å². The van der Waals surface area contributed by atoms with Gasteiger partial charge >= 0.3 is 5.97 Å². The first-order valence-electron chi connectivity index (χ1n) is 5.28. The second-order valence-corrected chi connectivity index (χ2v) is 3.74. The number of aliphatic carboxylic acids is 1. The van der Waals surface area contributed by atoms with Crippen molar-refractivity contribution in [2.24, 2.45) is 0 Å². The average Bonchev–Trinajstić information content (AvgIpc) is 2.30. The zero-order chi connectivity index (χ0) is 12.8. The van der Waals surface area contributed by atoms with Crippen molar-refractivity contribution in [1.82, 2.24) is 4.90 Å². The summed E-state index contributed by atoms with van der Waals surface area (Å²) >= 11 is 0. The molecule has 0 fully saturated rings. The summed E-state index contributed by atoms with van der Waals surface area (Å²) < 4.78 is 5.04. The van der Waals surface area contributed by atoms with Gasteiger partial charge in [-0.3, -0.25) is 9.69 Å². The van der Waals surface area contributed by atoms with Crippen molar-refractivity contribution in [1.29, 1.82) is 0 Å². The van der Waals surface area contributed by atoms with Gasteiger partial charge in [0.2, 0.25) is 0 Å². The fourth-order valence-corrected chi connectivity index (χ4v) is 1.68. The molecule has 0 saturated carbocycles. The van der Waals surface area contributed by atoms with E-state index in [0.717, 1.165) is 5.56 Å². The molecule has 1 unspecified atom stereocenters. The second kappa shape index (κ2) is 6.06. The fourth-order valence-electron chi connectivity index (χ4n) is 1.68. The highest BCUT2D eigenvalue weighted by molar-refractivity contribution is 5.75. The molecule has 0 bridgehead atoms. The molecule has 92 valence electrons. The summed E-state index contributed by atoms with van der Waals surface area (Å²) in [6.07, 6.45) is 1.68. The van der Waals surface area contributed by atoms with Crippen LogP contribution in [0, 0.1) is 0 Å². The van der Waals surface area contributed by atoms with E-state index in [1.165, 1.54) is 0 Å². The molecule has 0 radical (unpaired) electrons. The minimum Gasteiger partial charge on any atom is -0.497 e. The summed E-state index contributed by atoms with van der Waals surface area (Å²) in [5, 5.41) is 9.24. The zero-order valence-electron chi connectivity index (χ0n) is 10.1. The zero-order valence-corrected chi connectivity index (χ0v) is 10.1. The van der Waals surface area contributed by atoms with Crippen LogP contribution in [0.25, 0.3) is 0 Å². The van der Waals surface area contributed by atoms with E-state index >= 15 is 0 Å². The number of hydrogen-bond acceptors (Lipinski definition) is 3. The van der Waals surface area contributed by atoms with Crippen LogP contribution in [0.5, 0.6) is 5.75 Å². The highest BCUT2D eigenvalue weighted by Crippen LogP contribution is 2.22. The van der Waals surface area contributed by atoms with Crippen molar-refractivity contribution >= 4 is 5.97 Å². The largest absolute Gasteiger partial charge is 0.497 e. The lowest BCUT2D eigenvalue weighted by molar-refractivity contribution is -0.142. The van der Waals surface area contributed by atoms with Gasteiger partial charge in [-0.05, 0) is 24.7 Å². The van der Waals surface area contributed by atoms with E-state index < -0.39 is 12.0 Å². The maximum atomic E-state index is 11.3. The maximum Gasteiger partial charge on any atom is 0.325 e. The predicted octanol–water partition coefficient (Wildman–Crippen LogP) is 1.94. The Morgan fingerprint density at radius 2 is 2.12 bits per heavy atom. The highest BCUT2D eigenvalue weighted by atomic mass is 16.5. The van der Waals surface area contributed by atoms with Crippen LogP contribution < -0.4 is 4.74 Å². The van der Waals surface area contributed by atoms with E-state index in [0.29, 0.717) is 12.3 Å². The smallest absolute Gasteiger partial charge is 0.325 e. The number of benzene rings is 1. The molecule has 17 heavy (non-hydrogen) atoms. The molecule has 0 aromatic heterocycles. The molecule has 1 rings (SSSR count). The standard InChI is InChI=1S/C13H17NO3/c1-4-9-14(2)12(13(15)16)10-5-7-11(17-3)8-6-10/h4-8,12H,1,9H2,2-3H3,(H,15,16). The molecular weight excluding hydrogens is 218 g/mol. The Hall–Kier alpha value is -1.81. The third-order valence-corrected chi connectivity index (χ3v) is 2.52. The number of likely N-dealkylation sites (N-methyl/N-ethyl adjacent to an activating group) is 1. The molecule has 1 atom stereocenters. The van der Waals surface area contributed by atoms with Crippen molar-refractivity contribution < 1.29 is 14.6 Å². The molecule has 0 aliphatic carbocycles. The summed E-state index contributed by atoms with van der Waals surface area (Å²) in [6, 6.07) is 6.37. The van der Waals surface area contributed by atoms with Crippen molar-refractivity contribution in [3.63, 3.8) is 0 Å². The van der Waals surface area contributed by atoms with Gasteiger partial charge in [0.15, 0.2) is 0 Å². The molecule has 4 nitrogen and oxygen atoms in total. The quantitative estimate of drug-likeness (QED) is 0.765. The summed E-state index contributed by atoms with van der Waals surface area (Å²) in [7, 11) is 3.33. The molecule has 1 N–H and O–H groups in total. The summed E-state index contributed by atoms with van der Waals surface area (Å²) in [5.74, 6) is -0.163. The van der Waals surface area contributed by atoms with Crippen LogP contribution in [0.1, 0.15) is 11.6 Å². The van der Waals surface area contributed by atoms with Crippen LogP contribution in [0.2, 0.25) is 0 Å². The fraction of sp³-hybridized carbons (Fsp3) is 0.308.